The molecule has 19 heavy (non-hydrogen) atoms. The maximum atomic E-state index is 8.77. The molecule has 0 amide bonds. The second-order valence-electron chi connectivity index (χ2n) is 4.84. The summed E-state index contributed by atoms with van der Waals surface area (Å²) in [5.41, 5.74) is 1.08. The zero-order chi connectivity index (χ0) is 13.5. The Morgan fingerprint density at radius 2 is 2.00 bits per heavy atom. The molecule has 1 aromatic heterocycles. The van der Waals surface area contributed by atoms with Crippen molar-refractivity contribution in [3.05, 3.63) is 21.9 Å². The van der Waals surface area contributed by atoms with Crippen molar-refractivity contribution in [3.63, 3.8) is 0 Å². The third-order valence-corrected chi connectivity index (χ3v) is 4.33. The highest BCUT2D eigenvalue weighted by atomic mass is 32.1. The standard InChI is InChI=1S/C15H22N2OS/c1-2-6-16-7-9-17(10-8-16)13-15-14(4-3-11-18)5-12-19-15/h5,12,18H,2,6-11,13H2,1H3. The van der Waals surface area contributed by atoms with Crippen LogP contribution in [-0.4, -0.2) is 54.2 Å². The van der Waals surface area contributed by atoms with Crippen LogP contribution < -0.4 is 0 Å². The van der Waals surface area contributed by atoms with E-state index in [1.165, 1.54) is 30.9 Å². The number of aliphatic hydroxyl groups excluding tert-OH is 1. The minimum absolute atomic E-state index is 0.0645. The van der Waals surface area contributed by atoms with E-state index in [2.05, 4.69) is 40.0 Å². The molecule has 0 aromatic carbocycles. The zero-order valence-corrected chi connectivity index (χ0v) is 12.4. The van der Waals surface area contributed by atoms with Crippen molar-refractivity contribution in [3.8, 4) is 11.8 Å². The number of thiophene rings is 1. The van der Waals surface area contributed by atoms with Crippen LogP contribution in [-0.2, 0) is 6.54 Å². The van der Waals surface area contributed by atoms with Crippen LogP contribution in [0.4, 0.5) is 0 Å². The molecule has 1 fully saturated rings. The first kappa shape index (κ1) is 14.5. The average molecular weight is 278 g/mol. The Hall–Kier alpha value is -0.860. The van der Waals surface area contributed by atoms with Gasteiger partial charge in [-0.2, -0.15) is 0 Å². The van der Waals surface area contributed by atoms with Crippen molar-refractivity contribution in [2.75, 3.05) is 39.3 Å². The summed E-state index contributed by atoms with van der Waals surface area (Å²) in [6, 6.07) is 2.05. The molecule has 0 bridgehead atoms. The molecule has 1 saturated heterocycles. The molecule has 0 atom stereocenters. The third-order valence-electron chi connectivity index (χ3n) is 3.42. The number of rotatable bonds is 4. The lowest BCUT2D eigenvalue weighted by molar-refractivity contribution is 0.128. The molecule has 2 rings (SSSR count). The van der Waals surface area contributed by atoms with Gasteiger partial charge >= 0.3 is 0 Å². The largest absolute Gasteiger partial charge is 0.384 e. The van der Waals surface area contributed by atoms with Crippen LogP contribution in [0.1, 0.15) is 23.8 Å². The molecular formula is C15H22N2OS. The van der Waals surface area contributed by atoms with Gasteiger partial charge < -0.3 is 10.0 Å². The summed E-state index contributed by atoms with van der Waals surface area (Å²) in [6.45, 7) is 9.03. The van der Waals surface area contributed by atoms with Gasteiger partial charge in [-0.25, -0.2) is 0 Å². The van der Waals surface area contributed by atoms with Gasteiger partial charge in [0.15, 0.2) is 0 Å². The van der Waals surface area contributed by atoms with Crippen molar-refractivity contribution >= 4 is 11.3 Å². The maximum Gasteiger partial charge on any atom is 0.104 e. The van der Waals surface area contributed by atoms with E-state index in [9.17, 15) is 0 Å². The first-order chi connectivity index (χ1) is 9.33. The third kappa shape index (κ3) is 4.32. The van der Waals surface area contributed by atoms with Crippen LogP contribution in [0.3, 0.4) is 0 Å². The lowest BCUT2D eigenvalue weighted by atomic mass is 10.2. The SMILES string of the molecule is CCCN1CCN(Cc2sccc2C#CCO)CC1. The maximum absolute atomic E-state index is 8.77. The second kappa shape index (κ2) is 7.66. The highest BCUT2D eigenvalue weighted by Crippen LogP contribution is 2.19. The molecule has 1 aromatic rings. The summed E-state index contributed by atoms with van der Waals surface area (Å²) in [5.74, 6) is 5.77. The van der Waals surface area contributed by atoms with Gasteiger partial charge in [-0.05, 0) is 24.4 Å². The van der Waals surface area contributed by atoms with E-state index in [-0.39, 0.29) is 6.61 Å². The van der Waals surface area contributed by atoms with E-state index in [0.29, 0.717) is 0 Å². The Balaban J connectivity index is 1.87. The van der Waals surface area contributed by atoms with Gasteiger partial charge in [0.05, 0.1) is 0 Å². The topological polar surface area (TPSA) is 26.7 Å². The summed E-state index contributed by atoms with van der Waals surface area (Å²) >= 11 is 1.77. The minimum Gasteiger partial charge on any atom is -0.384 e. The minimum atomic E-state index is -0.0645. The molecule has 1 aliphatic heterocycles. The van der Waals surface area contributed by atoms with Crippen LogP contribution in [0, 0.1) is 11.8 Å². The number of hydrogen-bond donors (Lipinski definition) is 1. The van der Waals surface area contributed by atoms with E-state index >= 15 is 0 Å². The van der Waals surface area contributed by atoms with Gasteiger partial charge in [-0.3, -0.25) is 4.90 Å². The lowest BCUT2D eigenvalue weighted by Crippen LogP contribution is -2.45. The summed E-state index contributed by atoms with van der Waals surface area (Å²) < 4.78 is 0. The summed E-state index contributed by atoms with van der Waals surface area (Å²) in [7, 11) is 0. The molecule has 4 heteroatoms. The van der Waals surface area contributed by atoms with Crippen molar-refractivity contribution < 1.29 is 5.11 Å². The fraction of sp³-hybridized carbons (Fsp3) is 0.600. The molecule has 1 aliphatic rings. The Morgan fingerprint density at radius 1 is 1.26 bits per heavy atom. The highest BCUT2D eigenvalue weighted by Gasteiger charge is 2.17. The second-order valence-corrected chi connectivity index (χ2v) is 5.84. The molecule has 0 spiro atoms. The smallest absolute Gasteiger partial charge is 0.104 e. The van der Waals surface area contributed by atoms with E-state index < -0.39 is 0 Å². The normalized spacial score (nSPS) is 17.2. The Kier molecular flexibility index (Phi) is 5.87. The van der Waals surface area contributed by atoms with Crippen LogP contribution in [0.5, 0.6) is 0 Å². The van der Waals surface area contributed by atoms with Crippen LogP contribution in [0.15, 0.2) is 11.4 Å². The monoisotopic (exact) mass is 278 g/mol. The molecule has 104 valence electrons. The van der Waals surface area contributed by atoms with Gasteiger partial charge in [0.1, 0.15) is 6.61 Å². The fourth-order valence-electron chi connectivity index (χ4n) is 2.40. The van der Waals surface area contributed by atoms with Gasteiger partial charge in [-0.1, -0.05) is 18.8 Å². The van der Waals surface area contributed by atoms with Gasteiger partial charge in [-0.15, -0.1) is 11.3 Å². The zero-order valence-electron chi connectivity index (χ0n) is 11.6. The van der Waals surface area contributed by atoms with Gasteiger partial charge in [0.25, 0.3) is 0 Å². The summed E-state index contributed by atoms with van der Waals surface area (Å²) in [6.07, 6.45) is 1.24. The van der Waals surface area contributed by atoms with Crippen molar-refractivity contribution in [1.29, 1.82) is 0 Å². The molecule has 2 heterocycles. The Labute approximate surface area is 119 Å². The predicted octanol–water partition coefficient (Wildman–Crippen LogP) is 1.62. The van der Waals surface area contributed by atoms with E-state index in [1.54, 1.807) is 11.3 Å². The molecular weight excluding hydrogens is 256 g/mol. The number of aliphatic hydroxyl groups is 1. The van der Waals surface area contributed by atoms with E-state index in [1.807, 2.05) is 0 Å². The number of nitrogens with zero attached hydrogens (tertiary/aromatic N) is 2. The van der Waals surface area contributed by atoms with E-state index in [4.69, 9.17) is 5.11 Å². The van der Waals surface area contributed by atoms with Gasteiger partial charge in [0, 0.05) is 43.2 Å². The quantitative estimate of drug-likeness (QED) is 0.848. The summed E-state index contributed by atoms with van der Waals surface area (Å²) in [5, 5.41) is 10.9. The number of piperazine rings is 1. The first-order valence-corrected chi connectivity index (χ1v) is 7.82. The van der Waals surface area contributed by atoms with Crippen LogP contribution >= 0.6 is 11.3 Å². The van der Waals surface area contributed by atoms with Crippen molar-refractivity contribution in [2.24, 2.45) is 0 Å². The van der Waals surface area contributed by atoms with E-state index in [0.717, 1.165) is 25.2 Å². The van der Waals surface area contributed by atoms with Crippen molar-refractivity contribution in [1.82, 2.24) is 9.80 Å². The predicted molar refractivity (Wildman–Crippen MR) is 80.3 cm³/mol. The highest BCUT2D eigenvalue weighted by molar-refractivity contribution is 7.10. The fourth-order valence-corrected chi connectivity index (χ4v) is 3.27. The van der Waals surface area contributed by atoms with Crippen LogP contribution in [0.25, 0.3) is 0 Å². The van der Waals surface area contributed by atoms with Crippen molar-refractivity contribution in [2.45, 2.75) is 19.9 Å². The number of hydrogen-bond acceptors (Lipinski definition) is 4. The molecule has 1 N–H and O–H groups in total. The molecule has 3 nitrogen and oxygen atoms in total. The lowest BCUT2D eigenvalue weighted by Gasteiger charge is -2.34. The first-order valence-electron chi connectivity index (χ1n) is 6.94. The average Bonchev–Trinajstić information content (AvgIpc) is 2.86. The Bertz CT molecular complexity index is 438. The molecule has 0 radical (unpaired) electrons. The van der Waals surface area contributed by atoms with Gasteiger partial charge in [0.2, 0.25) is 0 Å². The Morgan fingerprint density at radius 3 is 2.68 bits per heavy atom. The summed E-state index contributed by atoms with van der Waals surface area (Å²) in [4.78, 5) is 6.37. The van der Waals surface area contributed by atoms with Crippen LogP contribution in [0.2, 0.25) is 0 Å². The molecule has 0 aliphatic carbocycles. The molecule has 0 saturated carbocycles. The molecule has 0 unspecified atom stereocenters.